The fourth-order valence-corrected chi connectivity index (χ4v) is 1.30. The van der Waals surface area contributed by atoms with Crippen molar-refractivity contribution in [3.63, 3.8) is 0 Å². The molecule has 0 amide bonds. The highest BCUT2D eigenvalue weighted by Crippen LogP contribution is 2.26. The van der Waals surface area contributed by atoms with Gasteiger partial charge in [0.15, 0.2) is 11.6 Å². The molecule has 0 saturated carbocycles. The van der Waals surface area contributed by atoms with Crippen LogP contribution in [0.1, 0.15) is 17.3 Å². The standard InChI is InChI=1S/C8H5Cl2FO/c1-4(12)5-2-3-6(9)8(11)7(5)10/h2-3H,1H3. The van der Waals surface area contributed by atoms with Gasteiger partial charge in [0, 0.05) is 5.56 Å². The highest BCUT2D eigenvalue weighted by Gasteiger charge is 2.12. The van der Waals surface area contributed by atoms with Crippen LogP contribution in [0.5, 0.6) is 0 Å². The second kappa shape index (κ2) is 3.42. The van der Waals surface area contributed by atoms with Crippen LogP contribution in [0.25, 0.3) is 0 Å². The molecule has 0 N–H and O–H groups in total. The minimum absolute atomic E-state index is 0.0787. The summed E-state index contributed by atoms with van der Waals surface area (Å²) in [5, 5.41) is -0.292. The summed E-state index contributed by atoms with van der Waals surface area (Å²) in [7, 11) is 0. The van der Waals surface area contributed by atoms with E-state index in [2.05, 4.69) is 0 Å². The molecular formula is C8H5Cl2FO. The Morgan fingerprint density at radius 2 is 2.00 bits per heavy atom. The first kappa shape index (κ1) is 9.49. The Morgan fingerprint density at radius 3 is 2.50 bits per heavy atom. The summed E-state index contributed by atoms with van der Waals surface area (Å²) in [6, 6.07) is 2.70. The lowest BCUT2D eigenvalue weighted by atomic mass is 10.1. The van der Waals surface area contributed by atoms with Crippen LogP contribution in [-0.4, -0.2) is 5.78 Å². The molecule has 1 nitrogen and oxygen atoms in total. The van der Waals surface area contributed by atoms with Crippen LogP contribution in [0.4, 0.5) is 4.39 Å². The fourth-order valence-electron chi connectivity index (χ4n) is 0.798. The number of carbonyl (C=O) groups excluding carboxylic acids is 1. The quantitative estimate of drug-likeness (QED) is 0.509. The van der Waals surface area contributed by atoms with Gasteiger partial charge in [0.1, 0.15) is 0 Å². The third kappa shape index (κ3) is 1.59. The number of ketones is 1. The number of Topliss-reactive ketones (excluding diaryl/α,β-unsaturated/α-hetero) is 1. The van der Waals surface area contributed by atoms with E-state index < -0.39 is 5.82 Å². The lowest BCUT2D eigenvalue weighted by molar-refractivity contribution is 0.101. The zero-order valence-electron chi connectivity index (χ0n) is 6.20. The van der Waals surface area contributed by atoms with E-state index in [4.69, 9.17) is 23.2 Å². The molecule has 0 fully saturated rings. The molecule has 0 heterocycles. The molecule has 0 atom stereocenters. The van der Waals surface area contributed by atoms with Crippen molar-refractivity contribution in [3.05, 3.63) is 33.6 Å². The number of hydrogen-bond donors (Lipinski definition) is 0. The molecular weight excluding hydrogens is 202 g/mol. The van der Waals surface area contributed by atoms with Gasteiger partial charge in [-0.15, -0.1) is 0 Å². The van der Waals surface area contributed by atoms with Gasteiger partial charge >= 0.3 is 0 Å². The zero-order valence-corrected chi connectivity index (χ0v) is 7.71. The maximum Gasteiger partial charge on any atom is 0.161 e. The molecule has 0 aliphatic carbocycles. The summed E-state index contributed by atoms with van der Waals surface area (Å²) in [6.45, 7) is 1.31. The molecule has 12 heavy (non-hydrogen) atoms. The van der Waals surface area contributed by atoms with E-state index in [0.717, 1.165) is 0 Å². The first-order chi connectivity index (χ1) is 5.54. The fraction of sp³-hybridized carbons (Fsp3) is 0.125. The summed E-state index contributed by atoms with van der Waals surface area (Å²) in [5.41, 5.74) is 0.151. The molecule has 0 spiro atoms. The summed E-state index contributed by atoms with van der Waals surface area (Å²) < 4.78 is 12.9. The van der Waals surface area contributed by atoms with Gasteiger partial charge in [0.25, 0.3) is 0 Å². The van der Waals surface area contributed by atoms with Gasteiger partial charge < -0.3 is 0 Å². The van der Waals surface area contributed by atoms with Crippen molar-refractivity contribution in [1.82, 2.24) is 0 Å². The molecule has 0 radical (unpaired) electrons. The first-order valence-electron chi connectivity index (χ1n) is 3.18. The highest BCUT2D eigenvalue weighted by atomic mass is 35.5. The number of rotatable bonds is 1. The third-order valence-corrected chi connectivity index (χ3v) is 2.08. The van der Waals surface area contributed by atoms with E-state index >= 15 is 0 Å². The van der Waals surface area contributed by atoms with Crippen LogP contribution in [-0.2, 0) is 0 Å². The normalized spacial score (nSPS) is 10.0. The Morgan fingerprint density at radius 1 is 1.42 bits per heavy atom. The summed E-state index contributed by atoms with van der Waals surface area (Å²) in [6.07, 6.45) is 0. The molecule has 1 rings (SSSR count). The molecule has 4 heteroatoms. The zero-order chi connectivity index (χ0) is 9.30. The van der Waals surface area contributed by atoms with Gasteiger partial charge in [0.05, 0.1) is 10.0 Å². The minimum atomic E-state index is -0.744. The molecule has 0 aliphatic rings. The Labute approximate surface area is 79.1 Å². The molecule has 0 unspecified atom stereocenters. The maximum atomic E-state index is 12.9. The van der Waals surface area contributed by atoms with Crippen molar-refractivity contribution in [1.29, 1.82) is 0 Å². The SMILES string of the molecule is CC(=O)c1ccc(Cl)c(F)c1Cl. The van der Waals surface area contributed by atoms with E-state index in [1.807, 2.05) is 0 Å². The van der Waals surface area contributed by atoms with Crippen LogP contribution in [0.3, 0.4) is 0 Å². The van der Waals surface area contributed by atoms with Gasteiger partial charge in [0.2, 0.25) is 0 Å². The highest BCUT2D eigenvalue weighted by molar-refractivity contribution is 6.37. The van der Waals surface area contributed by atoms with Crippen molar-refractivity contribution in [3.8, 4) is 0 Å². The minimum Gasteiger partial charge on any atom is -0.294 e. The second-order valence-corrected chi connectivity index (χ2v) is 3.06. The Kier molecular flexibility index (Phi) is 2.70. The van der Waals surface area contributed by atoms with E-state index in [-0.39, 0.29) is 21.4 Å². The number of halogens is 3. The second-order valence-electron chi connectivity index (χ2n) is 2.28. The lowest BCUT2D eigenvalue weighted by Gasteiger charge is -2.01. The lowest BCUT2D eigenvalue weighted by Crippen LogP contribution is -1.95. The topological polar surface area (TPSA) is 17.1 Å². The van der Waals surface area contributed by atoms with Crippen LogP contribution in [0.15, 0.2) is 12.1 Å². The molecule has 1 aromatic rings. The summed E-state index contributed by atoms with van der Waals surface area (Å²) in [5.74, 6) is -1.03. The van der Waals surface area contributed by atoms with Crippen LogP contribution in [0, 0.1) is 5.82 Å². The number of benzene rings is 1. The van der Waals surface area contributed by atoms with E-state index in [0.29, 0.717) is 0 Å². The predicted octanol–water partition coefficient (Wildman–Crippen LogP) is 3.34. The maximum absolute atomic E-state index is 12.9. The summed E-state index contributed by atoms with van der Waals surface area (Å²) in [4.78, 5) is 10.8. The van der Waals surface area contributed by atoms with Gasteiger partial charge in [-0.2, -0.15) is 0 Å². The van der Waals surface area contributed by atoms with Crippen molar-refractivity contribution in [2.24, 2.45) is 0 Å². The molecule has 64 valence electrons. The smallest absolute Gasteiger partial charge is 0.161 e. The van der Waals surface area contributed by atoms with Crippen molar-refractivity contribution >= 4 is 29.0 Å². The molecule has 0 bridgehead atoms. The monoisotopic (exact) mass is 206 g/mol. The molecule has 0 aromatic heterocycles. The third-order valence-electron chi connectivity index (χ3n) is 1.41. The van der Waals surface area contributed by atoms with Gasteiger partial charge in [-0.3, -0.25) is 4.79 Å². The molecule has 0 aliphatic heterocycles. The molecule has 0 saturated heterocycles. The summed E-state index contributed by atoms with van der Waals surface area (Å²) >= 11 is 10.9. The average molecular weight is 207 g/mol. The van der Waals surface area contributed by atoms with Gasteiger partial charge in [-0.05, 0) is 19.1 Å². The first-order valence-corrected chi connectivity index (χ1v) is 3.94. The van der Waals surface area contributed by atoms with E-state index in [1.165, 1.54) is 19.1 Å². The average Bonchev–Trinajstić information content (AvgIpc) is 2.00. The number of carbonyl (C=O) groups is 1. The number of hydrogen-bond acceptors (Lipinski definition) is 1. The predicted molar refractivity (Wildman–Crippen MR) is 46.4 cm³/mol. The Balaban J connectivity index is 3.36. The van der Waals surface area contributed by atoms with Crippen molar-refractivity contribution in [2.45, 2.75) is 6.92 Å². The van der Waals surface area contributed by atoms with E-state index in [1.54, 1.807) is 0 Å². The molecule has 1 aromatic carbocycles. The van der Waals surface area contributed by atoms with Crippen LogP contribution in [0.2, 0.25) is 10.0 Å². The largest absolute Gasteiger partial charge is 0.294 e. The van der Waals surface area contributed by atoms with Gasteiger partial charge in [-0.25, -0.2) is 4.39 Å². The van der Waals surface area contributed by atoms with E-state index in [9.17, 15) is 9.18 Å². The van der Waals surface area contributed by atoms with Gasteiger partial charge in [-0.1, -0.05) is 23.2 Å². The van der Waals surface area contributed by atoms with Crippen LogP contribution < -0.4 is 0 Å². The Bertz CT molecular complexity index is 336. The Hall–Kier alpha value is -0.600. The van der Waals surface area contributed by atoms with Crippen LogP contribution >= 0.6 is 23.2 Å². The van der Waals surface area contributed by atoms with Crippen molar-refractivity contribution < 1.29 is 9.18 Å². The van der Waals surface area contributed by atoms with Crippen molar-refractivity contribution in [2.75, 3.05) is 0 Å².